The number of carbonyl (C=O) groups excluding carboxylic acids is 2. The van der Waals surface area contributed by atoms with Crippen molar-refractivity contribution in [3.8, 4) is 0 Å². The van der Waals surface area contributed by atoms with Gasteiger partial charge >= 0.3 is 12.1 Å². The fourth-order valence-corrected chi connectivity index (χ4v) is 4.69. The number of piperidine rings is 1. The standard InChI is InChI=1S/C24H30N2O4/c1-23(2,3)30-22(28)26-14-11-24(12-15-26)10-8-18(16-24)29-21(27)20-19-7-5-4-6-17(19)9-13-25-20/h4-7,9,13,18H,8,10-12,14-16H2,1-3H3. The van der Waals surface area contributed by atoms with Crippen LogP contribution in [0.1, 0.15) is 63.4 Å². The van der Waals surface area contributed by atoms with E-state index in [0.717, 1.165) is 42.9 Å². The van der Waals surface area contributed by atoms with Gasteiger partial charge in [-0.15, -0.1) is 0 Å². The van der Waals surface area contributed by atoms with Crippen molar-refractivity contribution in [3.05, 3.63) is 42.2 Å². The highest BCUT2D eigenvalue weighted by atomic mass is 16.6. The molecule has 1 amide bonds. The average molecular weight is 411 g/mol. The molecule has 0 radical (unpaired) electrons. The molecule has 30 heavy (non-hydrogen) atoms. The number of ether oxygens (including phenoxy) is 2. The number of likely N-dealkylation sites (tertiary alicyclic amines) is 1. The van der Waals surface area contributed by atoms with Crippen LogP contribution in [0, 0.1) is 5.41 Å². The Labute approximate surface area is 177 Å². The number of hydrogen-bond donors (Lipinski definition) is 0. The second-order valence-electron chi connectivity index (χ2n) is 9.62. The molecule has 2 aliphatic rings. The van der Waals surface area contributed by atoms with E-state index in [1.54, 1.807) is 11.1 Å². The van der Waals surface area contributed by atoms with Crippen LogP contribution in [0.4, 0.5) is 4.79 Å². The highest BCUT2D eigenvalue weighted by molar-refractivity contribution is 6.02. The summed E-state index contributed by atoms with van der Waals surface area (Å²) in [5.74, 6) is -0.347. The Balaban J connectivity index is 1.35. The molecule has 0 bridgehead atoms. The molecule has 1 spiro atoms. The Morgan fingerprint density at radius 3 is 2.57 bits per heavy atom. The van der Waals surface area contributed by atoms with Crippen LogP contribution >= 0.6 is 0 Å². The van der Waals surface area contributed by atoms with Crippen molar-refractivity contribution in [1.29, 1.82) is 0 Å². The summed E-state index contributed by atoms with van der Waals surface area (Å²) in [6.07, 6.45) is 5.91. The smallest absolute Gasteiger partial charge is 0.410 e. The first kappa shape index (κ1) is 20.6. The maximum absolute atomic E-state index is 12.8. The third-order valence-corrected chi connectivity index (χ3v) is 6.27. The molecule has 2 aromatic rings. The minimum absolute atomic E-state index is 0.0913. The second kappa shape index (κ2) is 7.89. The molecule has 6 heteroatoms. The second-order valence-corrected chi connectivity index (χ2v) is 9.62. The van der Waals surface area contributed by atoms with E-state index in [0.29, 0.717) is 18.8 Å². The molecule has 2 fully saturated rings. The minimum atomic E-state index is -0.478. The van der Waals surface area contributed by atoms with Crippen molar-refractivity contribution in [2.45, 2.75) is 64.6 Å². The van der Waals surface area contributed by atoms with E-state index in [9.17, 15) is 9.59 Å². The Hall–Kier alpha value is -2.63. The molecule has 6 nitrogen and oxygen atoms in total. The summed E-state index contributed by atoms with van der Waals surface area (Å²) in [5.41, 5.74) is 0.0539. The number of rotatable bonds is 2. The molecule has 1 saturated carbocycles. The van der Waals surface area contributed by atoms with E-state index in [-0.39, 0.29) is 23.6 Å². The largest absolute Gasteiger partial charge is 0.458 e. The number of carbonyl (C=O) groups is 2. The molecule has 1 aliphatic heterocycles. The van der Waals surface area contributed by atoms with E-state index in [1.807, 2.05) is 51.1 Å². The summed E-state index contributed by atoms with van der Waals surface area (Å²) >= 11 is 0. The van der Waals surface area contributed by atoms with E-state index < -0.39 is 5.60 Å². The molecule has 1 atom stereocenters. The molecule has 1 aliphatic carbocycles. The SMILES string of the molecule is CC(C)(C)OC(=O)N1CCC2(CCC(OC(=O)c3nccc4ccccc34)C2)CC1. The van der Waals surface area contributed by atoms with Crippen LogP contribution in [0.3, 0.4) is 0 Å². The van der Waals surface area contributed by atoms with Gasteiger partial charge in [0.1, 0.15) is 11.7 Å². The van der Waals surface area contributed by atoms with Crippen molar-refractivity contribution >= 4 is 22.8 Å². The predicted octanol–water partition coefficient (Wildman–Crippen LogP) is 4.96. The predicted molar refractivity (Wildman–Crippen MR) is 114 cm³/mol. The zero-order chi connectivity index (χ0) is 21.4. The summed E-state index contributed by atoms with van der Waals surface area (Å²) in [4.78, 5) is 31.2. The van der Waals surface area contributed by atoms with Gasteiger partial charge in [0, 0.05) is 24.7 Å². The maximum Gasteiger partial charge on any atom is 0.410 e. The van der Waals surface area contributed by atoms with Gasteiger partial charge in [0.05, 0.1) is 0 Å². The van der Waals surface area contributed by atoms with Crippen LogP contribution in [-0.2, 0) is 9.47 Å². The Kier molecular flexibility index (Phi) is 5.43. The summed E-state index contributed by atoms with van der Waals surface area (Å²) in [7, 11) is 0. The molecule has 2 heterocycles. The van der Waals surface area contributed by atoms with Crippen LogP contribution < -0.4 is 0 Å². The van der Waals surface area contributed by atoms with Gasteiger partial charge in [-0.05, 0) is 69.7 Å². The van der Waals surface area contributed by atoms with Gasteiger partial charge in [0.25, 0.3) is 0 Å². The number of aromatic nitrogens is 1. The number of esters is 1. The highest BCUT2D eigenvalue weighted by Gasteiger charge is 2.44. The molecular formula is C24H30N2O4. The van der Waals surface area contributed by atoms with Gasteiger partial charge < -0.3 is 14.4 Å². The van der Waals surface area contributed by atoms with Crippen molar-refractivity contribution in [3.63, 3.8) is 0 Å². The molecule has 1 aromatic heterocycles. The van der Waals surface area contributed by atoms with Crippen LogP contribution in [0.5, 0.6) is 0 Å². The first-order valence-corrected chi connectivity index (χ1v) is 10.8. The molecule has 1 unspecified atom stereocenters. The number of nitrogens with zero attached hydrogens (tertiary/aromatic N) is 2. The van der Waals surface area contributed by atoms with Gasteiger partial charge in [-0.1, -0.05) is 24.3 Å². The number of benzene rings is 1. The monoisotopic (exact) mass is 410 g/mol. The Bertz CT molecular complexity index is 936. The van der Waals surface area contributed by atoms with E-state index in [1.165, 1.54) is 0 Å². The number of amides is 1. The lowest BCUT2D eigenvalue weighted by Gasteiger charge is -2.39. The molecule has 1 saturated heterocycles. The van der Waals surface area contributed by atoms with Gasteiger partial charge in [-0.3, -0.25) is 0 Å². The fraction of sp³-hybridized carbons (Fsp3) is 0.542. The molecule has 4 rings (SSSR count). The summed E-state index contributed by atoms with van der Waals surface area (Å²) in [6, 6.07) is 9.62. The first-order valence-electron chi connectivity index (χ1n) is 10.8. The summed E-state index contributed by atoms with van der Waals surface area (Å²) < 4.78 is 11.4. The topological polar surface area (TPSA) is 68.7 Å². The molecular weight excluding hydrogens is 380 g/mol. The molecule has 160 valence electrons. The zero-order valence-corrected chi connectivity index (χ0v) is 18.0. The van der Waals surface area contributed by atoms with E-state index in [4.69, 9.17) is 9.47 Å². The van der Waals surface area contributed by atoms with Gasteiger partial charge in [-0.25, -0.2) is 14.6 Å². The zero-order valence-electron chi connectivity index (χ0n) is 18.0. The van der Waals surface area contributed by atoms with Crippen LogP contribution in [0.15, 0.2) is 36.5 Å². The normalized spacial score (nSPS) is 21.0. The highest BCUT2D eigenvalue weighted by Crippen LogP contribution is 2.47. The quantitative estimate of drug-likeness (QED) is 0.655. The van der Waals surface area contributed by atoms with Crippen LogP contribution in [0.25, 0.3) is 10.8 Å². The molecule has 0 N–H and O–H groups in total. The molecule has 1 aromatic carbocycles. The van der Waals surface area contributed by atoms with Crippen molar-refractivity contribution < 1.29 is 19.1 Å². The Morgan fingerprint density at radius 2 is 1.83 bits per heavy atom. The van der Waals surface area contributed by atoms with Crippen LogP contribution in [0.2, 0.25) is 0 Å². The van der Waals surface area contributed by atoms with Crippen molar-refractivity contribution in [1.82, 2.24) is 9.88 Å². The summed E-state index contributed by atoms with van der Waals surface area (Å²) in [6.45, 7) is 7.05. The van der Waals surface area contributed by atoms with Crippen molar-refractivity contribution in [2.75, 3.05) is 13.1 Å². The first-order chi connectivity index (χ1) is 14.2. The summed E-state index contributed by atoms with van der Waals surface area (Å²) in [5, 5.41) is 1.81. The lowest BCUT2D eigenvalue weighted by Crippen LogP contribution is -2.44. The number of fused-ring (bicyclic) bond motifs is 1. The lowest BCUT2D eigenvalue weighted by molar-refractivity contribution is 0.00701. The number of pyridine rings is 1. The minimum Gasteiger partial charge on any atom is -0.458 e. The third-order valence-electron chi connectivity index (χ3n) is 6.27. The van der Waals surface area contributed by atoms with Crippen molar-refractivity contribution in [2.24, 2.45) is 5.41 Å². The van der Waals surface area contributed by atoms with Gasteiger partial charge in [0.2, 0.25) is 0 Å². The van der Waals surface area contributed by atoms with Crippen LogP contribution in [-0.4, -0.2) is 46.7 Å². The number of hydrogen-bond acceptors (Lipinski definition) is 5. The van der Waals surface area contributed by atoms with Gasteiger partial charge in [-0.2, -0.15) is 0 Å². The third kappa shape index (κ3) is 4.42. The Morgan fingerprint density at radius 1 is 1.10 bits per heavy atom. The fourth-order valence-electron chi connectivity index (χ4n) is 4.69. The maximum atomic E-state index is 12.8. The van der Waals surface area contributed by atoms with E-state index in [2.05, 4.69) is 4.98 Å². The lowest BCUT2D eigenvalue weighted by atomic mass is 9.77. The average Bonchev–Trinajstić information content (AvgIpc) is 3.08. The van der Waals surface area contributed by atoms with Gasteiger partial charge in [0.15, 0.2) is 5.69 Å². The van der Waals surface area contributed by atoms with E-state index >= 15 is 0 Å².